The van der Waals surface area contributed by atoms with Crippen LogP contribution in [0, 0.1) is 28.6 Å². The molecule has 0 aromatic heterocycles. The lowest BCUT2D eigenvalue weighted by molar-refractivity contribution is -0.00416. The quantitative estimate of drug-likeness (QED) is 0.520. The van der Waals surface area contributed by atoms with E-state index in [-0.39, 0.29) is 0 Å². The van der Waals surface area contributed by atoms with Crippen molar-refractivity contribution in [2.45, 2.75) is 67.7 Å². The highest BCUT2D eigenvalue weighted by Crippen LogP contribution is 2.51. The first kappa shape index (κ1) is 13.1. The minimum Gasteiger partial charge on any atom is -0.0622 e. The zero-order valence-electron chi connectivity index (χ0n) is 11.9. The van der Waals surface area contributed by atoms with Gasteiger partial charge in [-0.2, -0.15) is 0 Å². The van der Waals surface area contributed by atoms with Crippen LogP contribution in [0.4, 0.5) is 0 Å². The molecule has 0 aromatic rings. The molecule has 0 aromatic carbocycles. The molecule has 0 spiro atoms. The Morgan fingerprint density at radius 3 is 1.67 bits per heavy atom. The number of hydrogen-bond donors (Lipinski definition) is 0. The number of hydrogen-bond acceptors (Lipinski definition) is 0. The van der Waals surface area contributed by atoms with Gasteiger partial charge in [0, 0.05) is 0 Å². The second-order valence-corrected chi connectivity index (χ2v) is 7.77. The van der Waals surface area contributed by atoms with Crippen LogP contribution in [-0.4, -0.2) is 0 Å². The molecule has 0 radical (unpaired) electrons. The average Bonchev–Trinajstić information content (AvgIpc) is 1.99. The summed E-state index contributed by atoms with van der Waals surface area (Å²) in [4.78, 5) is 0. The highest BCUT2D eigenvalue weighted by atomic mass is 14.5. The van der Waals surface area contributed by atoms with E-state index in [9.17, 15) is 0 Å². The molecule has 90 valence electrons. The molecule has 3 unspecified atom stereocenters. The van der Waals surface area contributed by atoms with Crippen molar-refractivity contribution in [3.05, 3.63) is 0 Å². The molecule has 0 heteroatoms. The fourth-order valence-electron chi connectivity index (χ4n) is 3.84. The molecular formula is C15H30. The first-order chi connectivity index (χ1) is 6.64. The van der Waals surface area contributed by atoms with E-state index in [1.54, 1.807) is 0 Å². The summed E-state index contributed by atoms with van der Waals surface area (Å²) in [6.07, 6.45) is 4.32. The summed E-state index contributed by atoms with van der Waals surface area (Å²) in [5.41, 5.74) is 0.949. The summed E-state index contributed by atoms with van der Waals surface area (Å²) in [7, 11) is 0. The van der Waals surface area contributed by atoms with Crippen LogP contribution in [0.2, 0.25) is 0 Å². The third-order valence-electron chi connectivity index (χ3n) is 4.33. The van der Waals surface area contributed by atoms with Crippen LogP contribution in [0.1, 0.15) is 67.7 Å². The normalized spacial score (nSPS) is 34.2. The van der Waals surface area contributed by atoms with Gasteiger partial charge in [-0.15, -0.1) is 0 Å². The molecule has 0 N–H and O–H groups in total. The minimum atomic E-state index is 0.470. The van der Waals surface area contributed by atoms with E-state index in [2.05, 4.69) is 48.5 Å². The summed E-state index contributed by atoms with van der Waals surface area (Å²) in [5, 5.41) is 0. The highest BCUT2D eigenvalue weighted by molar-refractivity contribution is 4.92. The van der Waals surface area contributed by atoms with Crippen LogP contribution in [0.25, 0.3) is 0 Å². The highest BCUT2D eigenvalue weighted by Gasteiger charge is 2.43. The van der Waals surface area contributed by atoms with Crippen molar-refractivity contribution in [3.63, 3.8) is 0 Å². The molecule has 0 amide bonds. The molecule has 0 aliphatic heterocycles. The second-order valence-electron chi connectivity index (χ2n) is 7.77. The topological polar surface area (TPSA) is 0 Å². The van der Waals surface area contributed by atoms with E-state index in [0.717, 1.165) is 17.8 Å². The molecule has 15 heavy (non-hydrogen) atoms. The Morgan fingerprint density at radius 2 is 1.33 bits per heavy atom. The summed E-state index contributed by atoms with van der Waals surface area (Å²) < 4.78 is 0. The Morgan fingerprint density at radius 1 is 0.800 bits per heavy atom. The van der Waals surface area contributed by atoms with Crippen molar-refractivity contribution < 1.29 is 0 Å². The van der Waals surface area contributed by atoms with Gasteiger partial charge in [0.25, 0.3) is 0 Å². The minimum absolute atomic E-state index is 0.470. The SMILES string of the molecule is CC1CCCC(C(C)(C)C)C1C(C)(C)C. The first-order valence-electron chi connectivity index (χ1n) is 6.64. The van der Waals surface area contributed by atoms with E-state index in [1.165, 1.54) is 19.3 Å². The first-order valence-corrected chi connectivity index (χ1v) is 6.64. The Bertz CT molecular complexity index is 201. The molecule has 1 aliphatic carbocycles. The fourth-order valence-corrected chi connectivity index (χ4v) is 3.84. The maximum absolute atomic E-state index is 2.47. The van der Waals surface area contributed by atoms with Crippen molar-refractivity contribution >= 4 is 0 Å². The molecule has 0 saturated heterocycles. The Labute approximate surface area is 96.8 Å². The standard InChI is InChI=1S/C15H30/c1-11-9-8-10-12(14(2,3)4)13(11)15(5,6)7/h11-13H,8-10H2,1-7H3. The van der Waals surface area contributed by atoms with E-state index in [0.29, 0.717) is 10.8 Å². The molecule has 3 atom stereocenters. The van der Waals surface area contributed by atoms with E-state index >= 15 is 0 Å². The van der Waals surface area contributed by atoms with Crippen LogP contribution in [0.5, 0.6) is 0 Å². The van der Waals surface area contributed by atoms with E-state index < -0.39 is 0 Å². The van der Waals surface area contributed by atoms with Gasteiger partial charge >= 0.3 is 0 Å². The van der Waals surface area contributed by atoms with Crippen molar-refractivity contribution in [2.24, 2.45) is 28.6 Å². The Balaban J connectivity index is 2.93. The maximum Gasteiger partial charge on any atom is -0.0306 e. The van der Waals surface area contributed by atoms with Gasteiger partial charge in [-0.25, -0.2) is 0 Å². The van der Waals surface area contributed by atoms with Gasteiger partial charge in [0.05, 0.1) is 0 Å². The van der Waals surface area contributed by atoms with Gasteiger partial charge in [-0.3, -0.25) is 0 Å². The summed E-state index contributed by atoms with van der Waals surface area (Å²) in [5.74, 6) is 2.70. The maximum atomic E-state index is 2.47. The molecule has 1 rings (SSSR count). The third-order valence-corrected chi connectivity index (χ3v) is 4.33. The van der Waals surface area contributed by atoms with Gasteiger partial charge < -0.3 is 0 Å². The summed E-state index contributed by atoms with van der Waals surface area (Å²) in [6, 6.07) is 0. The Hall–Kier alpha value is 0. The predicted molar refractivity (Wildman–Crippen MR) is 68.9 cm³/mol. The zero-order valence-corrected chi connectivity index (χ0v) is 11.9. The molecular weight excluding hydrogens is 180 g/mol. The lowest BCUT2D eigenvalue weighted by atomic mass is 9.56. The molecule has 0 bridgehead atoms. The van der Waals surface area contributed by atoms with Gasteiger partial charge in [0.15, 0.2) is 0 Å². The van der Waals surface area contributed by atoms with Crippen molar-refractivity contribution in [2.75, 3.05) is 0 Å². The lowest BCUT2D eigenvalue weighted by Gasteiger charge is -2.50. The van der Waals surface area contributed by atoms with Crippen LogP contribution >= 0.6 is 0 Å². The Kier molecular flexibility index (Phi) is 3.58. The largest absolute Gasteiger partial charge is 0.0622 e. The molecule has 1 aliphatic rings. The third kappa shape index (κ3) is 2.98. The second kappa shape index (κ2) is 4.11. The van der Waals surface area contributed by atoms with Crippen molar-refractivity contribution in [1.82, 2.24) is 0 Å². The van der Waals surface area contributed by atoms with Crippen LogP contribution in [-0.2, 0) is 0 Å². The molecule has 1 fully saturated rings. The van der Waals surface area contributed by atoms with E-state index in [1.807, 2.05) is 0 Å². The van der Waals surface area contributed by atoms with Gasteiger partial charge in [-0.05, 0) is 35.0 Å². The van der Waals surface area contributed by atoms with E-state index in [4.69, 9.17) is 0 Å². The number of rotatable bonds is 0. The lowest BCUT2D eigenvalue weighted by Crippen LogP contribution is -2.42. The van der Waals surface area contributed by atoms with Crippen LogP contribution < -0.4 is 0 Å². The van der Waals surface area contributed by atoms with Gasteiger partial charge in [0.2, 0.25) is 0 Å². The molecule has 0 nitrogen and oxygen atoms in total. The molecule has 0 heterocycles. The average molecular weight is 210 g/mol. The van der Waals surface area contributed by atoms with Crippen LogP contribution in [0.15, 0.2) is 0 Å². The van der Waals surface area contributed by atoms with Gasteiger partial charge in [0.1, 0.15) is 0 Å². The van der Waals surface area contributed by atoms with Crippen LogP contribution in [0.3, 0.4) is 0 Å². The predicted octanol–water partition coefficient (Wildman–Crippen LogP) is 5.13. The van der Waals surface area contributed by atoms with Crippen molar-refractivity contribution in [1.29, 1.82) is 0 Å². The molecule has 1 saturated carbocycles. The van der Waals surface area contributed by atoms with Crippen molar-refractivity contribution in [3.8, 4) is 0 Å². The summed E-state index contributed by atoms with van der Waals surface area (Å²) >= 11 is 0. The smallest absolute Gasteiger partial charge is 0.0306 e. The van der Waals surface area contributed by atoms with Gasteiger partial charge in [-0.1, -0.05) is 61.3 Å². The zero-order chi connectivity index (χ0) is 11.9. The monoisotopic (exact) mass is 210 g/mol. The summed E-state index contributed by atoms with van der Waals surface area (Å²) in [6.45, 7) is 17.0. The fraction of sp³-hybridized carbons (Fsp3) is 1.00.